The lowest BCUT2D eigenvalue weighted by molar-refractivity contribution is -0.131. The van der Waals surface area contributed by atoms with Crippen molar-refractivity contribution >= 4 is 23.4 Å². The van der Waals surface area contributed by atoms with Crippen molar-refractivity contribution in [1.29, 1.82) is 0 Å². The van der Waals surface area contributed by atoms with E-state index >= 15 is 0 Å². The van der Waals surface area contributed by atoms with Gasteiger partial charge in [-0.15, -0.1) is 10.2 Å². The highest BCUT2D eigenvalue weighted by atomic mass is 32.2. The molecule has 1 aromatic heterocycles. The fraction of sp³-hybridized carbons (Fsp3) is 0.276. The third-order valence-corrected chi connectivity index (χ3v) is 7.55. The van der Waals surface area contributed by atoms with Crippen LogP contribution < -0.4 is 4.90 Å². The SMILES string of the molecule is Cc1ccccc1N1CCN(C(=O)CCCSc2nnc(-c3ccccc3)n2-c2ccccc2)CC1. The van der Waals surface area contributed by atoms with Gasteiger partial charge in [-0.2, -0.15) is 0 Å². The maximum absolute atomic E-state index is 12.9. The minimum Gasteiger partial charge on any atom is -0.368 e. The minimum atomic E-state index is 0.245. The summed E-state index contributed by atoms with van der Waals surface area (Å²) >= 11 is 1.66. The average molecular weight is 498 g/mol. The summed E-state index contributed by atoms with van der Waals surface area (Å²) in [7, 11) is 0. The molecule has 0 N–H and O–H groups in total. The number of hydrogen-bond donors (Lipinski definition) is 0. The summed E-state index contributed by atoms with van der Waals surface area (Å²) in [4.78, 5) is 17.3. The summed E-state index contributed by atoms with van der Waals surface area (Å²) in [5.41, 5.74) is 4.62. The minimum absolute atomic E-state index is 0.245. The summed E-state index contributed by atoms with van der Waals surface area (Å²) in [6.07, 6.45) is 1.37. The number of piperazine rings is 1. The monoisotopic (exact) mass is 497 g/mol. The average Bonchev–Trinajstić information content (AvgIpc) is 3.36. The Bertz CT molecular complexity index is 1280. The molecule has 1 aliphatic heterocycles. The molecule has 1 fully saturated rings. The van der Waals surface area contributed by atoms with Gasteiger partial charge in [0.15, 0.2) is 11.0 Å². The predicted octanol–water partition coefficient (Wildman–Crippen LogP) is 5.46. The summed E-state index contributed by atoms with van der Waals surface area (Å²) in [5.74, 6) is 1.88. The Morgan fingerprint density at radius 2 is 1.50 bits per heavy atom. The Kier molecular flexibility index (Phi) is 7.67. The van der Waals surface area contributed by atoms with Gasteiger partial charge < -0.3 is 9.80 Å². The molecule has 6 nitrogen and oxygen atoms in total. The summed E-state index contributed by atoms with van der Waals surface area (Å²) in [6, 6.07) is 28.8. The number of rotatable bonds is 8. The molecule has 1 amide bonds. The molecule has 0 spiro atoms. The van der Waals surface area contributed by atoms with Crippen molar-refractivity contribution in [3.63, 3.8) is 0 Å². The van der Waals surface area contributed by atoms with Gasteiger partial charge in [0.2, 0.25) is 5.91 Å². The molecule has 184 valence electrons. The Hall–Kier alpha value is -3.58. The van der Waals surface area contributed by atoms with E-state index in [1.807, 2.05) is 41.3 Å². The number of benzene rings is 3. The number of thioether (sulfide) groups is 1. The van der Waals surface area contributed by atoms with E-state index in [1.165, 1.54) is 11.3 Å². The first kappa shape index (κ1) is 24.1. The van der Waals surface area contributed by atoms with Crippen molar-refractivity contribution in [2.24, 2.45) is 0 Å². The molecule has 0 saturated carbocycles. The molecule has 0 unspecified atom stereocenters. The van der Waals surface area contributed by atoms with Crippen LogP contribution >= 0.6 is 11.8 Å². The number of carbonyl (C=O) groups is 1. The maximum atomic E-state index is 12.9. The molecule has 4 aromatic rings. The first-order valence-electron chi connectivity index (χ1n) is 12.5. The molecule has 36 heavy (non-hydrogen) atoms. The number of aryl methyl sites for hydroxylation is 1. The van der Waals surface area contributed by atoms with Crippen LogP contribution in [-0.4, -0.2) is 57.5 Å². The number of aromatic nitrogens is 3. The van der Waals surface area contributed by atoms with Crippen molar-refractivity contribution < 1.29 is 4.79 Å². The summed E-state index contributed by atoms with van der Waals surface area (Å²) in [5, 5.41) is 9.84. The lowest BCUT2D eigenvalue weighted by atomic mass is 10.1. The van der Waals surface area contributed by atoms with E-state index < -0.39 is 0 Å². The maximum Gasteiger partial charge on any atom is 0.222 e. The number of amides is 1. The largest absolute Gasteiger partial charge is 0.368 e. The third-order valence-electron chi connectivity index (χ3n) is 6.53. The van der Waals surface area contributed by atoms with E-state index in [0.717, 1.165) is 60.6 Å². The zero-order valence-corrected chi connectivity index (χ0v) is 21.4. The normalized spacial score (nSPS) is 13.7. The predicted molar refractivity (Wildman–Crippen MR) is 147 cm³/mol. The molecule has 0 radical (unpaired) electrons. The standard InChI is InChI=1S/C29H31N5OS/c1-23-11-8-9-16-26(23)32-18-20-33(21-19-32)27(35)17-10-22-36-29-31-30-28(24-12-4-2-5-13-24)34(29)25-14-6-3-7-15-25/h2-9,11-16H,10,17-22H2,1H3. The highest BCUT2D eigenvalue weighted by molar-refractivity contribution is 7.99. The Labute approximate surface area is 217 Å². The van der Waals surface area contributed by atoms with Crippen molar-refractivity contribution in [2.75, 3.05) is 36.8 Å². The van der Waals surface area contributed by atoms with Crippen LogP contribution in [0.25, 0.3) is 17.1 Å². The van der Waals surface area contributed by atoms with Crippen LogP contribution in [0.4, 0.5) is 5.69 Å². The smallest absolute Gasteiger partial charge is 0.222 e. The van der Waals surface area contributed by atoms with Crippen LogP contribution in [0, 0.1) is 6.92 Å². The first-order chi connectivity index (χ1) is 17.7. The van der Waals surface area contributed by atoms with Crippen LogP contribution in [0.1, 0.15) is 18.4 Å². The molecule has 0 bridgehead atoms. The number of carbonyl (C=O) groups excluding carboxylic acids is 1. The number of para-hydroxylation sites is 2. The fourth-order valence-electron chi connectivity index (χ4n) is 4.61. The highest BCUT2D eigenvalue weighted by Gasteiger charge is 2.22. The van der Waals surface area contributed by atoms with Crippen LogP contribution in [0.15, 0.2) is 90.1 Å². The second-order valence-corrected chi connectivity index (χ2v) is 10.0. The van der Waals surface area contributed by atoms with Gasteiger partial charge in [-0.25, -0.2) is 0 Å². The van der Waals surface area contributed by atoms with E-state index in [4.69, 9.17) is 0 Å². The molecule has 0 atom stereocenters. The zero-order valence-electron chi connectivity index (χ0n) is 20.6. The van der Waals surface area contributed by atoms with Gasteiger partial charge in [-0.05, 0) is 37.1 Å². The lowest BCUT2D eigenvalue weighted by Gasteiger charge is -2.36. The summed E-state index contributed by atoms with van der Waals surface area (Å²) in [6.45, 7) is 5.47. The third kappa shape index (κ3) is 5.46. The Morgan fingerprint density at radius 3 is 2.22 bits per heavy atom. The number of nitrogens with zero attached hydrogens (tertiary/aromatic N) is 5. The quantitative estimate of drug-likeness (QED) is 0.239. The van der Waals surface area contributed by atoms with Gasteiger partial charge in [0.25, 0.3) is 0 Å². The molecule has 0 aliphatic carbocycles. The molecule has 5 rings (SSSR count). The van der Waals surface area contributed by atoms with Crippen LogP contribution in [0.3, 0.4) is 0 Å². The van der Waals surface area contributed by atoms with Crippen LogP contribution in [0.2, 0.25) is 0 Å². The fourth-order valence-corrected chi connectivity index (χ4v) is 5.50. The second kappa shape index (κ2) is 11.4. The van der Waals surface area contributed by atoms with Gasteiger partial charge in [-0.1, -0.05) is 78.5 Å². The topological polar surface area (TPSA) is 54.3 Å². The number of hydrogen-bond acceptors (Lipinski definition) is 5. The summed E-state index contributed by atoms with van der Waals surface area (Å²) < 4.78 is 2.10. The molecule has 2 heterocycles. The molecule has 3 aromatic carbocycles. The van der Waals surface area contributed by atoms with Crippen LogP contribution in [0.5, 0.6) is 0 Å². The molecular weight excluding hydrogens is 466 g/mol. The van der Waals surface area contributed by atoms with E-state index in [0.29, 0.717) is 6.42 Å². The van der Waals surface area contributed by atoms with E-state index in [2.05, 4.69) is 75.1 Å². The second-order valence-electron chi connectivity index (χ2n) is 8.95. The van der Waals surface area contributed by atoms with Gasteiger partial charge in [0.1, 0.15) is 0 Å². The Balaban J connectivity index is 1.16. The highest BCUT2D eigenvalue weighted by Crippen LogP contribution is 2.28. The zero-order chi connectivity index (χ0) is 24.7. The van der Waals surface area contributed by atoms with Crippen molar-refractivity contribution in [3.8, 4) is 17.1 Å². The van der Waals surface area contributed by atoms with E-state index in [9.17, 15) is 4.79 Å². The van der Waals surface area contributed by atoms with E-state index in [-0.39, 0.29) is 5.91 Å². The van der Waals surface area contributed by atoms with Crippen molar-refractivity contribution in [2.45, 2.75) is 24.9 Å². The van der Waals surface area contributed by atoms with E-state index in [1.54, 1.807) is 11.8 Å². The first-order valence-corrected chi connectivity index (χ1v) is 13.5. The number of anilines is 1. The lowest BCUT2D eigenvalue weighted by Crippen LogP contribution is -2.49. The Morgan fingerprint density at radius 1 is 0.833 bits per heavy atom. The van der Waals surface area contributed by atoms with Crippen LogP contribution in [-0.2, 0) is 4.79 Å². The van der Waals surface area contributed by atoms with Gasteiger partial charge in [0, 0.05) is 55.3 Å². The van der Waals surface area contributed by atoms with Crippen molar-refractivity contribution in [1.82, 2.24) is 19.7 Å². The van der Waals surface area contributed by atoms with Gasteiger partial charge in [-0.3, -0.25) is 9.36 Å². The molecule has 1 saturated heterocycles. The molecule has 7 heteroatoms. The molecule has 1 aliphatic rings. The van der Waals surface area contributed by atoms with Crippen molar-refractivity contribution in [3.05, 3.63) is 90.5 Å². The van der Waals surface area contributed by atoms with Gasteiger partial charge in [0.05, 0.1) is 0 Å². The molecular formula is C29H31N5OS. The van der Waals surface area contributed by atoms with Gasteiger partial charge >= 0.3 is 0 Å².